The topological polar surface area (TPSA) is 96.0 Å². The van der Waals surface area contributed by atoms with E-state index in [-0.39, 0.29) is 29.1 Å². The molecule has 0 radical (unpaired) electrons. The largest absolute Gasteiger partial charge is 0.492 e. The highest BCUT2D eigenvalue weighted by Gasteiger charge is 2.33. The van der Waals surface area contributed by atoms with Gasteiger partial charge in [-0.2, -0.15) is 0 Å². The van der Waals surface area contributed by atoms with Crippen LogP contribution in [0.2, 0.25) is 5.02 Å². The van der Waals surface area contributed by atoms with Gasteiger partial charge in [0, 0.05) is 17.6 Å². The number of nitrogens with one attached hydrogen (secondary N) is 1. The Hall–Kier alpha value is -3.56. The Morgan fingerprint density at radius 1 is 0.927 bits per heavy atom. The summed E-state index contributed by atoms with van der Waals surface area (Å²) in [5, 5.41) is 3.32. The molecule has 220 valence electrons. The number of ether oxygens (including phenoxy) is 1. The van der Waals surface area contributed by atoms with Crippen LogP contribution in [-0.2, 0) is 26.0 Å². The first-order chi connectivity index (χ1) is 19.6. The lowest BCUT2D eigenvalue weighted by Gasteiger charge is -2.32. The summed E-state index contributed by atoms with van der Waals surface area (Å²) in [7, 11) is -4.23. The van der Waals surface area contributed by atoms with E-state index < -0.39 is 28.5 Å². The van der Waals surface area contributed by atoms with Crippen LogP contribution in [0.4, 0.5) is 5.69 Å². The second kappa shape index (κ2) is 14.9. The molecule has 41 heavy (non-hydrogen) atoms. The molecule has 0 aromatic heterocycles. The zero-order valence-corrected chi connectivity index (χ0v) is 25.5. The Bertz CT molecular complexity index is 1400. The molecule has 0 saturated carbocycles. The van der Waals surface area contributed by atoms with Crippen molar-refractivity contribution in [2.45, 2.75) is 57.5 Å². The first kappa shape index (κ1) is 32.0. The number of anilines is 1. The third kappa shape index (κ3) is 8.47. The predicted molar refractivity (Wildman–Crippen MR) is 163 cm³/mol. The molecule has 8 nitrogen and oxygen atoms in total. The summed E-state index contributed by atoms with van der Waals surface area (Å²) in [6, 6.07) is 21.1. The van der Waals surface area contributed by atoms with Crippen LogP contribution in [0.25, 0.3) is 0 Å². The molecule has 0 bridgehead atoms. The Kier molecular flexibility index (Phi) is 11.6. The third-order valence-corrected chi connectivity index (χ3v) is 8.79. The summed E-state index contributed by atoms with van der Waals surface area (Å²) in [6.45, 7) is 7.30. The highest BCUT2D eigenvalue weighted by Crippen LogP contribution is 2.33. The van der Waals surface area contributed by atoms with Crippen molar-refractivity contribution in [3.05, 3.63) is 89.4 Å². The van der Waals surface area contributed by atoms with E-state index in [2.05, 4.69) is 5.32 Å². The van der Waals surface area contributed by atoms with Crippen LogP contribution in [-0.4, -0.2) is 56.9 Å². The number of nitrogens with zero attached hydrogens (tertiary/aromatic N) is 2. The molecule has 3 rings (SSSR count). The second-order valence-corrected chi connectivity index (χ2v) is 12.0. The quantitative estimate of drug-likeness (QED) is 0.271. The molecule has 0 heterocycles. The molecule has 0 aliphatic heterocycles. The summed E-state index contributed by atoms with van der Waals surface area (Å²) in [6.07, 6.45) is 1.23. The van der Waals surface area contributed by atoms with Gasteiger partial charge in [0.05, 0.1) is 17.2 Å². The zero-order chi connectivity index (χ0) is 30.0. The summed E-state index contributed by atoms with van der Waals surface area (Å²) < 4.78 is 34.8. The van der Waals surface area contributed by atoms with E-state index in [4.69, 9.17) is 16.3 Å². The highest BCUT2D eigenvalue weighted by atomic mass is 35.5. The predicted octanol–water partition coefficient (Wildman–Crippen LogP) is 5.31. The molecule has 0 unspecified atom stereocenters. The van der Waals surface area contributed by atoms with Gasteiger partial charge in [-0.15, -0.1) is 0 Å². The van der Waals surface area contributed by atoms with Crippen LogP contribution < -0.4 is 14.4 Å². The monoisotopic (exact) mass is 599 g/mol. The minimum atomic E-state index is -4.23. The van der Waals surface area contributed by atoms with Gasteiger partial charge >= 0.3 is 0 Å². The SMILES string of the molecule is CCOc1ccccc1N(CC(=O)N(CCc1ccccc1)[C@H](C)C(=O)N[C@H](C)CC)S(=O)(=O)c1ccc(Cl)cc1. The normalized spacial score (nSPS) is 12.7. The molecular formula is C31H38ClN3O5S. The molecule has 1 N–H and O–H groups in total. The van der Waals surface area contributed by atoms with E-state index in [0.717, 1.165) is 16.3 Å². The molecular weight excluding hydrogens is 562 g/mol. The lowest BCUT2D eigenvalue weighted by Crippen LogP contribution is -2.53. The van der Waals surface area contributed by atoms with Crippen molar-refractivity contribution in [3.8, 4) is 5.75 Å². The molecule has 0 aliphatic carbocycles. The van der Waals surface area contributed by atoms with Gasteiger partial charge in [-0.3, -0.25) is 13.9 Å². The maximum atomic E-state index is 14.0. The average molecular weight is 600 g/mol. The molecule has 3 aromatic carbocycles. The number of rotatable bonds is 14. The number of halogens is 1. The van der Waals surface area contributed by atoms with Gasteiger partial charge in [0.15, 0.2) is 0 Å². The Balaban J connectivity index is 2.02. The first-order valence-electron chi connectivity index (χ1n) is 13.7. The van der Waals surface area contributed by atoms with Gasteiger partial charge in [0.2, 0.25) is 11.8 Å². The van der Waals surface area contributed by atoms with Crippen molar-refractivity contribution in [2.24, 2.45) is 0 Å². The maximum absolute atomic E-state index is 14.0. The molecule has 0 saturated heterocycles. The van der Waals surface area contributed by atoms with Gasteiger partial charge in [-0.05, 0) is 75.6 Å². The number of benzene rings is 3. The van der Waals surface area contributed by atoms with Crippen molar-refractivity contribution >= 4 is 39.1 Å². The number of carbonyl (C=O) groups is 2. The fourth-order valence-corrected chi connectivity index (χ4v) is 5.77. The van der Waals surface area contributed by atoms with E-state index in [1.165, 1.54) is 29.2 Å². The fourth-order valence-electron chi connectivity index (χ4n) is 4.22. The Labute approximate surface area is 248 Å². The number of sulfonamides is 1. The average Bonchev–Trinajstić information content (AvgIpc) is 2.97. The van der Waals surface area contributed by atoms with Crippen LogP contribution in [0.15, 0.2) is 83.8 Å². The smallest absolute Gasteiger partial charge is 0.264 e. The zero-order valence-electron chi connectivity index (χ0n) is 23.9. The van der Waals surface area contributed by atoms with E-state index in [1.54, 1.807) is 38.1 Å². The number of hydrogen-bond acceptors (Lipinski definition) is 5. The van der Waals surface area contributed by atoms with Crippen molar-refractivity contribution in [2.75, 3.05) is 24.0 Å². The van der Waals surface area contributed by atoms with Crippen LogP contribution in [0.3, 0.4) is 0 Å². The fraction of sp³-hybridized carbons (Fsp3) is 0.355. The number of hydrogen-bond donors (Lipinski definition) is 1. The van der Waals surface area contributed by atoms with Crippen LogP contribution in [0.1, 0.15) is 39.7 Å². The van der Waals surface area contributed by atoms with E-state index >= 15 is 0 Å². The summed E-state index contributed by atoms with van der Waals surface area (Å²) in [4.78, 5) is 28.6. The van der Waals surface area contributed by atoms with Crippen LogP contribution in [0.5, 0.6) is 5.75 Å². The minimum absolute atomic E-state index is 0.0283. The standard InChI is InChI=1S/C31H38ClN3O5S/c1-5-23(3)33-31(37)24(4)34(21-20-25-12-8-7-9-13-25)30(36)22-35(28-14-10-11-15-29(28)40-6-2)41(38,39)27-18-16-26(32)17-19-27/h7-19,23-24H,5-6,20-22H2,1-4H3,(H,33,37)/t23-,24-/m1/s1. The van der Waals surface area contributed by atoms with Crippen molar-refractivity contribution in [1.82, 2.24) is 10.2 Å². The van der Waals surface area contributed by atoms with Crippen molar-refractivity contribution < 1.29 is 22.7 Å². The van der Waals surface area contributed by atoms with Gasteiger partial charge in [-0.1, -0.05) is 61.0 Å². The van der Waals surface area contributed by atoms with Crippen LogP contribution in [0, 0.1) is 0 Å². The van der Waals surface area contributed by atoms with E-state index in [1.807, 2.05) is 44.2 Å². The number of para-hydroxylation sites is 2. The highest BCUT2D eigenvalue weighted by molar-refractivity contribution is 7.92. The Morgan fingerprint density at radius 2 is 1.56 bits per heavy atom. The lowest BCUT2D eigenvalue weighted by atomic mass is 10.1. The summed E-state index contributed by atoms with van der Waals surface area (Å²) in [5.41, 5.74) is 1.21. The summed E-state index contributed by atoms with van der Waals surface area (Å²) >= 11 is 6.02. The molecule has 0 spiro atoms. The van der Waals surface area contributed by atoms with Gasteiger partial charge < -0.3 is 15.0 Å². The molecule has 10 heteroatoms. The molecule has 2 atom stereocenters. The first-order valence-corrected chi connectivity index (χ1v) is 15.5. The Morgan fingerprint density at radius 3 is 2.20 bits per heavy atom. The second-order valence-electron chi connectivity index (χ2n) is 9.68. The van der Waals surface area contributed by atoms with Gasteiger partial charge in [-0.25, -0.2) is 8.42 Å². The van der Waals surface area contributed by atoms with E-state index in [9.17, 15) is 18.0 Å². The van der Waals surface area contributed by atoms with Gasteiger partial charge in [0.1, 0.15) is 18.3 Å². The van der Waals surface area contributed by atoms with Crippen molar-refractivity contribution in [3.63, 3.8) is 0 Å². The van der Waals surface area contributed by atoms with Crippen LogP contribution >= 0.6 is 11.6 Å². The van der Waals surface area contributed by atoms with Crippen molar-refractivity contribution in [1.29, 1.82) is 0 Å². The molecule has 0 aliphatic rings. The summed E-state index contributed by atoms with van der Waals surface area (Å²) in [5.74, 6) is -0.502. The lowest BCUT2D eigenvalue weighted by molar-refractivity contribution is -0.139. The molecule has 0 fully saturated rings. The maximum Gasteiger partial charge on any atom is 0.264 e. The van der Waals surface area contributed by atoms with E-state index in [0.29, 0.717) is 23.8 Å². The third-order valence-electron chi connectivity index (χ3n) is 6.77. The van der Waals surface area contributed by atoms with Gasteiger partial charge in [0.25, 0.3) is 10.0 Å². The number of carbonyl (C=O) groups excluding carboxylic acids is 2. The molecule has 3 aromatic rings. The minimum Gasteiger partial charge on any atom is -0.492 e. The molecule has 2 amide bonds. The number of amides is 2.